The molecule has 9 heavy (non-hydrogen) atoms. The van der Waals surface area contributed by atoms with Gasteiger partial charge in [0.15, 0.2) is 0 Å². The molecule has 48 valence electrons. The van der Waals surface area contributed by atoms with E-state index in [1.54, 1.807) is 0 Å². The van der Waals surface area contributed by atoms with Crippen LogP contribution in [0.2, 0.25) is 0 Å². The summed E-state index contributed by atoms with van der Waals surface area (Å²) in [6.45, 7) is 0. The Morgan fingerprint density at radius 1 is 1.44 bits per heavy atom. The number of rotatable bonds is 1. The van der Waals surface area contributed by atoms with Crippen LogP contribution in [0.5, 0.6) is 0 Å². The van der Waals surface area contributed by atoms with Gasteiger partial charge in [0.1, 0.15) is 0 Å². The molecule has 0 aromatic rings. The second-order valence-electron chi connectivity index (χ2n) is 2.04. The SMILES string of the molecule is N=CC1=CCCC=C1N. The Morgan fingerprint density at radius 2 is 2.11 bits per heavy atom. The molecule has 2 heteroatoms. The Hall–Kier alpha value is -1.05. The standard InChI is InChI=1S/C7H10N2/c8-5-6-3-1-2-4-7(6)9/h3-5,8H,1-2,9H2. The van der Waals surface area contributed by atoms with Gasteiger partial charge in [0, 0.05) is 17.5 Å². The zero-order chi connectivity index (χ0) is 6.69. The summed E-state index contributed by atoms with van der Waals surface area (Å²) in [5, 5.41) is 6.91. The molecule has 0 aromatic carbocycles. The van der Waals surface area contributed by atoms with E-state index in [2.05, 4.69) is 0 Å². The molecule has 3 N–H and O–H groups in total. The highest BCUT2D eigenvalue weighted by molar-refractivity contribution is 5.82. The fourth-order valence-corrected chi connectivity index (χ4v) is 0.856. The van der Waals surface area contributed by atoms with Gasteiger partial charge >= 0.3 is 0 Å². The predicted molar refractivity (Wildman–Crippen MR) is 38.4 cm³/mol. The molecule has 0 heterocycles. The first-order valence-electron chi connectivity index (χ1n) is 3.01. The van der Waals surface area contributed by atoms with Crippen LogP contribution in [0.15, 0.2) is 23.4 Å². The van der Waals surface area contributed by atoms with Crippen molar-refractivity contribution in [2.45, 2.75) is 12.8 Å². The first-order chi connectivity index (χ1) is 4.34. The second kappa shape index (κ2) is 2.49. The van der Waals surface area contributed by atoms with Crippen LogP contribution in [0.25, 0.3) is 0 Å². The molecule has 1 rings (SSSR count). The van der Waals surface area contributed by atoms with Crippen molar-refractivity contribution in [1.82, 2.24) is 0 Å². The van der Waals surface area contributed by atoms with E-state index in [0.717, 1.165) is 24.1 Å². The third-order valence-corrected chi connectivity index (χ3v) is 1.38. The van der Waals surface area contributed by atoms with Crippen molar-refractivity contribution >= 4 is 6.21 Å². The van der Waals surface area contributed by atoms with Crippen molar-refractivity contribution in [2.75, 3.05) is 0 Å². The van der Waals surface area contributed by atoms with Gasteiger partial charge in [-0.15, -0.1) is 0 Å². The highest BCUT2D eigenvalue weighted by atomic mass is 14.6. The molecular formula is C7H10N2. The normalized spacial score (nSPS) is 18.2. The average molecular weight is 122 g/mol. The van der Waals surface area contributed by atoms with Crippen molar-refractivity contribution in [3.05, 3.63) is 23.4 Å². The first-order valence-corrected chi connectivity index (χ1v) is 3.01. The first kappa shape index (κ1) is 6.08. The fourth-order valence-electron chi connectivity index (χ4n) is 0.856. The van der Waals surface area contributed by atoms with Crippen LogP contribution in [0.1, 0.15) is 12.8 Å². The van der Waals surface area contributed by atoms with E-state index in [-0.39, 0.29) is 0 Å². The van der Waals surface area contributed by atoms with Crippen LogP contribution in [0.4, 0.5) is 0 Å². The molecule has 0 unspecified atom stereocenters. The molecule has 0 radical (unpaired) electrons. The lowest BCUT2D eigenvalue weighted by Gasteiger charge is -2.05. The molecule has 0 fully saturated rings. The van der Waals surface area contributed by atoms with E-state index in [0.29, 0.717) is 0 Å². The maximum Gasteiger partial charge on any atom is 0.0359 e. The van der Waals surface area contributed by atoms with Crippen LogP contribution >= 0.6 is 0 Å². The third kappa shape index (κ3) is 1.19. The minimum absolute atomic E-state index is 0.747. The molecule has 0 spiro atoms. The Kier molecular flexibility index (Phi) is 1.68. The Bertz CT molecular complexity index is 177. The van der Waals surface area contributed by atoms with Crippen LogP contribution in [-0.4, -0.2) is 6.21 Å². The number of nitrogens with two attached hydrogens (primary N) is 1. The molecule has 0 aromatic heterocycles. The predicted octanol–water partition coefficient (Wildman–Crippen LogP) is 1.20. The van der Waals surface area contributed by atoms with Gasteiger partial charge < -0.3 is 11.1 Å². The van der Waals surface area contributed by atoms with Gasteiger partial charge in [-0.1, -0.05) is 12.2 Å². The van der Waals surface area contributed by atoms with E-state index in [1.165, 1.54) is 6.21 Å². The lowest BCUT2D eigenvalue weighted by molar-refractivity contribution is 1.00. The lowest BCUT2D eigenvalue weighted by Crippen LogP contribution is -2.04. The number of hydrogen-bond acceptors (Lipinski definition) is 2. The van der Waals surface area contributed by atoms with Gasteiger partial charge in [-0.3, -0.25) is 0 Å². The van der Waals surface area contributed by atoms with Crippen LogP contribution in [0, 0.1) is 5.41 Å². The van der Waals surface area contributed by atoms with Gasteiger partial charge in [0.25, 0.3) is 0 Å². The molecule has 2 nitrogen and oxygen atoms in total. The molecular weight excluding hydrogens is 112 g/mol. The molecule has 0 atom stereocenters. The molecule has 0 aliphatic heterocycles. The van der Waals surface area contributed by atoms with E-state index in [9.17, 15) is 0 Å². The second-order valence-corrected chi connectivity index (χ2v) is 2.04. The minimum Gasteiger partial charge on any atom is -0.398 e. The number of allylic oxidation sites excluding steroid dienone is 3. The van der Waals surface area contributed by atoms with E-state index in [1.807, 2.05) is 12.2 Å². The van der Waals surface area contributed by atoms with Crippen molar-refractivity contribution in [3.63, 3.8) is 0 Å². The number of hydrogen-bond donors (Lipinski definition) is 2. The molecule has 0 saturated heterocycles. The van der Waals surface area contributed by atoms with Gasteiger partial charge in [0.2, 0.25) is 0 Å². The smallest absolute Gasteiger partial charge is 0.0359 e. The minimum atomic E-state index is 0.747. The summed E-state index contributed by atoms with van der Waals surface area (Å²) in [6.07, 6.45) is 7.28. The van der Waals surface area contributed by atoms with Gasteiger partial charge in [-0.2, -0.15) is 0 Å². The van der Waals surface area contributed by atoms with Crippen LogP contribution in [0.3, 0.4) is 0 Å². The summed E-state index contributed by atoms with van der Waals surface area (Å²) >= 11 is 0. The van der Waals surface area contributed by atoms with E-state index < -0.39 is 0 Å². The summed E-state index contributed by atoms with van der Waals surface area (Å²) in [6, 6.07) is 0. The zero-order valence-corrected chi connectivity index (χ0v) is 5.22. The summed E-state index contributed by atoms with van der Waals surface area (Å²) in [5.74, 6) is 0. The van der Waals surface area contributed by atoms with Gasteiger partial charge in [-0.25, -0.2) is 0 Å². The molecule has 1 aliphatic rings. The Labute approximate surface area is 54.6 Å². The topological polar surface area (TPSA) is 49.9 Å². The Morgan fingerprint density at radius 3 is 2.56 bits per heavy atom. The molecule has 0 amide bonds. The van der Waals surface area contributed by atoms with Crippen molar-refractivity contribution < 1.29 is 0 Å². The summed E-state index contributed by atoms with van der Waals surface area (Å²) in [4.78, 5) is 0. The monoisotopic (exact) mass is 122 g/mol. The van der Waals surface area contributed by atoms with E-state index in [4.69, 9.17) is 11.1 Å². The van der Waals surface area contributed by atoms with Gasteiger partial charge in [-0.05, 0) is 12.8 Å². The molecule has 1 aliphatic carbocycles. The third-order valence-electron chi connectivity index (χ3n) is 1.38. The molecule has 0 bridgehead atoms. The average Bonchev–Trinajstić information content (AvgIpc) is 1.89. The van der Waals surface area contributed by atoms with Crippen molar-refractivity contribution in [3.8, 4) is 0 Å². The van der Waals surface area contributed by atoms with Crippen molar-refractivity contribution in [2.24, 2.45) is 5.73 Å². The summed E-state index contributed by atoms with van der Waals surface area (Å²) in [7, 11) is 0. The van der Waals surface area contributed by atoms with E-state index >= 15 is 0 Å². The van der Waals surface area contributed by atoms with Crippen LogP contribution in [-0.2, 0) is 0 Å². The highest BCUT2D eigenvalue weighted by Gasteiger charge is 1.99. The summed E-state index contributed by atoms with van der Waals surface area (Å²) < 4.78 is 0. The Balaban J connectivity index is 2.79. The summed E-state index contributed by atoms with van der Waals surface area (Å²) in [5.41, 5.74) is 7.14. The number of nitrogens with one attached hydrogen (secondary N) is 1. The molecule has 0 saturated carbocycles. The lowest BCUT2D eigenvalue weighted by atomic mass is 10.1. The van der Waals surface area contributed by atoms with Gasteiger partial charge in [0.05, 0.1) is 0 Å². The maximum atomic E-state index is 6.91. The quantitative estimate of drug-likeness (QED) is 0.504. The fraction of sp³-hybridized carbons (Fsp3) is 0.286. The van der Waals surface area contributed by atoms with Crippen molar-refractivity contribution in [1.29, 1.82) is 5.41 Å². The zero-order valence-electron chi connectivity index (χ0n) is 5.22. The highest BCUT2D eigenvalue weighted by Crippen LogP contribution is 2.11. The maximum absolute atomic E-state index is 6.91. The van der Waals surface area contributed by atoms with Crippen LogP contribution < -0.4 is 5.73 Å². The largest absolute Gasteiger partial charge is 0.398 e.